The van der Waals surface area contributed by atoms with Crippen molar-refractivity contribution in [3.05, 3.63) is 60.4 Å². The zero-order valence-electron chi connectivity index (χ0n) is 19.0. The molecule has 2 heterocycles. The Morgan fingerprint density at radius 2 is 1.77 bits per heavy atom. The number of para-hydroxylation sites is 1. The molecule has 0 bridgehead atoms. The molecule has 3 aromatic rings. The molecule has 1 aliphatic heterocycles. The molecule has 2 aromatic carbocycles. The number of hydrogen-bond acceptors (Lipinski definition) is 3. The van der Waals surface area contributed by atoms with E-state index >= 15 is 0 Å². The fraction of sp³-hybridized carbons (Fsp3) is 0.423. The number of benzene rings is 2. The first-order valence-electron chi connectivity index (χ1n) is 11.3. The van der Waals surface area contributed by atoms with E-state index < -0.39 is 0 Å². The second-order valence-electron chi connectivity index (χ2n) is 9.04. The van der Waals surface area contributed by atoms with Crippen LogP contribution in [0.4, 0.5) is 16.2 Å². The maximum Gasteiger partial charge on any atom is 0.326 e. The number of likely N-dealkylation sites (tertiary alicyclic amines) is 1. The number of furan rings is 1. The van der Waals surface area contributed by atoms with Crippen molar-refractivity contribution in [2.45, 2.75) is 58.5 Å². The second kappa shape index (κ2) is 9.15. The Kier molecular flexibility index (Phi) is 6.33. The fourth-order valence-electron chi connectivity index (χ4n) is 4.59. The monoisotopic (exact) mass is 419 g/mol. The third-order valence-electron chi connectivity index (χ3n) is 6.32. The molecule has 1 aliphatic rings. The smallest absolute Gasteiger partial charge is 0.326 e. The number of carbonyl (C=O) groups is 1. The summed E-state index contributed by atoms with van der Waals surface area (Å²) in [6, 6.07) is 16.2. The lowest BCUT2D eigenvalue weighted by Gasteiger charge is -2.34. The summed E-state index contributed by atoms with van der Waals surface area (Å²) in [4.78, 5) is 17.4. The van der Waals surface area contributed by atoms with Gasteiger partial charge in [-0.2, -0.15) is 0 Å². The van der Waals surface area contributed by atoms with Gasteiger partial charge in [0, 0.05) is 34.4 Å². The predicted octanol–water partition coefficient (Wildman–Crippen LogP) is 6.47. The standard InChI is InChI=1S/C26H33N3O2/c1-18(2)28-14-12-20(13-15-28)24-17-31-25-11-10-21(16-23(24)25)27-26(30)29(19(3)4)22-8-6-5-7-9-22/h5-11,16-20H,12-15H2,1-4H3,(H,27,30). The summed E-state index contributed by atoms with van der Waals surface area (Å²) in [5.41, 5.74) is 3.82. The lowest BCUT2D eigenvalue weighted by Crippen LogP contribution is -2.40. The predicted molar refractivity (Wildman–Crippen MR) is 128 cm³/mol. The molecule has 0 atom stereocenters. The molecule has 0 unspecified atom stereocenters. The van der Waals surface area contributed by atoms with Crippen LogP contribution < -0.4 is 10.2 Å². The van der Waals surface area contributed by atoms with Gasteiger partial charge in [-0.25, -0.2) is 4.79 Å². The van der Waals surface area contributed by atoms with Crippen LogP contribution in [-0.2, 0) is 0 Å². The number of amides is 2. The first kappa shape index (κ1) is 21.4. The number of piperidine rings is 1. The molecule has 31 heavy (non-hydrogen) atoms. The molecule has 4 rings (SSSR count). The largest absolute Gasteiger partial charge is 0.464 e. The second-order valence-corrected chi connectivity index (χ2v) is 9.04. The van der Waals surface area contributed by atoms with Crippen LogP contribution in [-0.4, -0.2) is 36.1 Å². The molecule has 0 aliphatic carbocycles. The molecular weight excluding hydrogens is 386 g/mol. The lowest BCUT2D eigenvalue weighted by molar-refractivity contribution is 0.172. The lowest BCUT2D eigenvalue weighted by atomic mass is 9.88. The average molecular weight is 420 g/mol. The maximum absolute atomic E-state index is 13.1. The molecule has 5 nitrogen and oxygen atoms in total. The summed E-state index contributed by atoms with van der Waals surface area (Å²) in [6.45, 7) is 10.8. The maximum atomic E-state index is 13.1. The molecule has 164 valence electrons. The van der Waals surface area contributed by atoms with Gasteiger partial charge in [-0.1, -0.05) is 18.2 Å². The van der Waals surface area contributed by atoms with Crippen molar-refractivity contribution in [2.75, 3.05) is 23.3 Å². The van der Waals surface area contributed by atoms with Crippen LogP contribution in [0.5, 0.6) is 0 Å². The molecule has 1 fully saturated rings. The van der Waals surface area contributed by atoms with Gasteiger partial charge in [-0.05, 0) is 89.9 Å². The summed E-state index contributed by atoms with van der Waals surface area (Å²) >= 11 is 0. The van der Waals surface area contributed by atoms with Crippen molar-refractivity contribution in [1.29, 1.82) is 0 Å². The minimum atomic E-state index is -0.129. The van der Waals surface area contributed by atoms with E-state index in [1.165, 1.54) is 5.56 Å². The van der Waals surface area contributed by atoms with Crippen molar-refractivity contribution in [3.63, 3.8) is 0 Å². The van der Waals surface area contributed by atoms with Gasteiger partial charge in [0.2, 0.25) is 0 Å². The zero-order chi connectivity index (χ0) is 22.0. The molecule has 1 aromatic heterocycles. The highest BCUT2D eigenvalue weighted by molar-refractivity contribution is 6.03. The van der Waals surface area contributed by atoms with Gasteiger partial charge in [0.1, 0.15) is 5.58 Å². The first-order valence-corrected chi connectivity index (χ1v) is 11.3. The van der Waals surface area contributed by atoms with Crippen LogP contribution in [0.25, 0.3) is 11.0 Å². The highest BCUT2D eigenvalue weighted by atomic mass is 16.3. The Labute approximate surface area is 185 Å². The van der Waals surface area contributed by atoms with Gasteiger partial charge in [-0.15, -0.1) is 0 Å². The topological polar surface area (TPSA) is 48.7 Å². The van der Waals surface area contributed by atoms with Crippen LogP contribution in [0.2, 0.25) is 0 Å². The number of nitrogens with one attached hydrogen (secondary N) is 1. The van der Waals surface area contributed by atoms with Crippen molar-refractivity contribution in [3.8, 4) is 0 Å². The summed E-state index contributed by atoms with van der Waals surface area (Å²) < 4.78 is 5.85. The van der Waals surface area contributed by atoms with E-state index in [4.69, 9.17) is 4.42 Å². The highest BCUT2D eigenvalue weighted by Crippen LogP contribution is 2.36. The third kappa shape index (κ3) is 4.62. The number of urea groups is 1. The average Bonchev–Trinajstić information content (AvgIpc) is 3.17. The molecule has 1 saturated heterocycles. The van der Waals surface area contributed by atoms with Gasteiger partial charge < -0.3 is 14.6 Å². The summed E-state index contributed by atoms with van der Waals surface area (Å²) in [7, 11) is 0. The molecule has 0 spiro atoms. The summed E-state index contributed by atoms with van der Waals surface area (Å²) in [6.07, 6.45) is 4.19. The number of anilines is 2. The fourth-order valence-corrected chi connectivity index (χ4v) is 4.59. The molecule has 5 heteroatoms. The van der Waals surface area contributed by atoms with Crippen molar-refractivity contribution in [1.82, 2.24) is 4.90 Å². The van der Waals surface area contributed by atoms with Gasteiger partial charge in [0.15, 0.2) is 0 Å². The van der Waals surface area contributed by atoms with Crippen LogP contribution in [0.3, 0.4) is 0 Å². The Bertz CT molecular complexity index is 1020. The van der Waals surface area contributed by atoms with E-state index in [1.807, 2.05) is 62.6 Å². The van der Waals surface area contributed by atoms with Gasteiger partial charge >= 0.3 is 6.03 Å². The van der Waals surface area contributed by atoms with E-state index in [0.29, 0.717) is 12.0 Å². The number of rotatable bonds is 5. The van der Waals surface area contributed by atoms with E-state index in [-0.39, 0.29) is 12.1 Å². The molecule has 0 saturated carbocycles. The van der Waals surface area contributed by atoms with Crippen molar-refractivity contribution >= 4 is 28.4 Å². The van der Waals surface area contributed by atoms with E-state index in [9.17, 15) is 4.79 Å². The first-order chi connectivity index (χ1) is 14.9. The number of hydrogen-bond donors (Lipinski definition) is 1. The zero-order valence-corrected chi connectivity index (χ0v) is 19.0. The minimum absolute atomic E-state index is 0.0433. The minimum Gasteiger partial charge on any atom is -0.464 e. The van der Waals surface area contributed by atoms with Gasteiger partial charge in [-0.3, -0.25) is 4.90 Å². The Balaban J connectivity index is 1.54. The van der Waals surface area contributed by atoms with Crippen molar-refractivity contribution < 1.29 is 9.21 Å². The Morgan fingerprint density at radius 3 is 2.42 bits per heavy atom. The van der Waals surface area contributed by atoms with Crippen LogP contribution in [0, 0.1) is 0 Å². The number of fused-ring (bicyclic) bond motifs is 1. The number of carbonyl (C=O) groups excluding carboxylic acids is 1. The molecular formula is C26H33N3O2. The quantitative estimate of drug-likeness (QED) is 0.516. The van der Waals surface area contributed by atoms with E-state index in [0.717, 1.165) is 48.3 Å². The number of nitrogens with zero attached hydrogens (tertiary/aromatic N) is 2. The molecule has 2 amide bonds. The van der Waals surface area contributed by atoms with E-state index in [2.05, 4.69) is 30.1 Å². The van der Waals surface area contributed by atoms with Crippen LogP contribution in [0.1, 0.15) is 52.0 Å². The summed E-state index contributed by atoms with van der Waals surface area (Å²) in [5.74, 6) is 0.499. The normalized spacial score (nSPS) is 15.7. The van der Waals surface area contributed by atoms with Gasteiger partial charge in [0.05, 0.1) is 6.26 Å². The Morgan fingerprint density at radius 1 is 1.06 bits per heavy atom. The van der Waals surface area contributed by atoms with Crippen LogP contribution in [0.15, 0.2) is 59.2 Å². The summed E-state index contributed by atoms with van der Waals surface area (Å²) in [5, 5.41) is 4.20. The molecule has 0 radical (unpaired) electrons. The molecule has 1 N–H and O–H groups in total. The van der Waals surface area contributed by atoms with Crippen molar-refractivity contribution in [2.24, 2.45) is 0 Å². The van der Waals surface area contributed by atoms with E-state index in [1.54, 1.807) is 4.90 Å². The third-order valence-corrected chi connectivity index (χ3v) is 6.32. The highest BCUT2D eigenvalue weighted by Gasteiger charge is 2.25. The van der Waals surface area contributed by atoms with Crippen LogP contribution >= 0.6 is 0 Å². The van der Waals surface area contributed by atoms with Gasteiger partial charge in [0.25, 0.3) is 0 Å². The SMILES string of the molecule is CC(C)N1CCC(c2coc3ccc(NC(=O)N(c4ccccc4)C(C)C)cc23)CC1. The Hall–Kier alpha value is -2.79.